The van der Waals surface area contributed by atoms with Gasteiger partial charge in [0.1, 0.15) is 11.9 Å². The fourth-order valence-electron chi connectivity index (χ4n) is 2.61. The molecule has 30 heavy (non-hydrogen) atoms. The lowest BCUT2D eigenvalue weighted by molar-refractivity contribution is -0.146. The molecule has 0 fully saturated rings. The molecule has 5 nitrogen and oxygen atoms in total. The molecule has 2 aromatic carbocycles. The van der Waals surface area contributed by atoms with E-state index in [1.807, 2.05) is 47.1 Å². The summed E-state index contributed by atoms with van der Waals surface area (Å²) in [6.07, 6.45) is -0.0401. The monoisotopic (exact) mass is 411 g/mol. The maximum atomic E-state index is 11.7. The van der Waals surface area contributed by atoms with Crippen molar-refractivity contribution in [2.45, 2.75) is 6.30 Å². The smallest absolute Gasteiger partial charge is 0.306 e. The van der Waals surface area contributed by atoms with Crippen LogP contribution in [-0.2, 0) is 0 Å². The topological polar surface area (TPSA) is 63.5 Å². The van der Waals surface area contributed by atoms with E-state index in [0.717, 1.165) is 28.5 Å². The summed E-state index contributed by atoms with van der Waals surface area (Å²) in [7, 11) is 0. The molecule has 4 aromatic rings. The summed E-state index contributed by atoms with van der Waals surface area (Å²) in [5.74, 6) is -1.15. The third-order valence-corrected chi connectivity index (χ3v) is 3.98. The average molecular weight is 411 g/mol. The van der Waals surface area contributed by atoms with Crippen molar-refractivity contribution < 1.29 is 22.8 Å². The lowest BCUT2D eigenvalue weighted by atomic mass is 10.2. The highest BCUT2D eigenvalue weighted by Crippen LogP contribution is 2.18. The first-order valence-corrected chi connectivity index (χ1v) is 8.79. The number of carbonyl (C=O) groups is 2. The van der Waals surface area contributed by atoms with Crippen molar-refractivity contribution in [2.24, 2.45) is 0 Å². The van der Waals surface area contributed by atoms with Crippen LogP contribution in [0, 0.1) is 0 Å². The molecule has 1 amide bonds. The highest BCUT2D eigenvalue weighted by atomic mass is 19.4. The lowest BCUT2D eigenvalue weighted by Gasteiger charge is -2.07. The van der Waals surface area contributed by atoms with Crippen LogP contribution < -0.4 is 5.32 Å². The second-order valence-corrected chi connectivity index (χ2v) is 6.15. The minimum Gasteiger partial charge on any atom is -0.306 e. The van der Waals surface area contributed by atoms with E-state index in [-0.39, 0.29) is 5.56 Å². The molecule has 0 bridgehead atoms. The van der Waals surface area contributed by atoms with Crippen LogP contribution >= 0.6 is 0 Å². The number of aromatic nitrogens is 2. The largest absolute Gasteiger partial charge is 0.484 e. The van der Waals surface area contributed by atoms with Crippen LogP contribution in [0.3, 0.4) is 0 Å². The van der Waals surface area contributed by atoms with Crippen LogP contribution in [0.15, 0.2) is 85.2 Å². The molecule has 1 N–H and O–H groups in total. The zero-order valence-electron chi connectivity index (χ0n) is 15.5. The van der Waals surface area contributed by atoms with Gasteiger partial charge in [-0.2, -0.15) is 13.2 Å². The first-order chi connectivity index (χ1) is 14.4. The summed E-state index contributed by atoms with van der Waals surface area (Å²) in [6.45, 7) is 0. The molecule has 0 aliphatic rings. The van der Waals surface area contributed by atoms with Crippen molar-refractivity contribution in [1.29, 1.82) is 0 Å². The van der Waals surface area contributed by atoms with E-state index in [0.29, 0.717) is 5.56 Å². The molecule has 0 atom stereocenters. The van der Waals surface area contributed by atoms with Gasteiger partial charge in [0, 0.05) is 29.1 Å². The zero-order chi connectivity index (χ0) is 21.6. The highest BCUT2D eigenvalue weighted by molar-refractivity contribution is 5.94. The summed E-state index contributed by atoms with van der Waals surface area (Å²) < 4.78 is 36.9. The zero-order valence-corrected chi connectivity index (χ0v) is 15.5. The molecule has 152 valence electrons. The summed E-state index contributed by atoms with van der Waals surface area (Å²) in [6, 6.07) is 20.7. The highest BCUT2D eigenvalue weighted by Gasteiger charge is 2.30. The summed E-state index contributed by atoms with van der Waals surface area (Å²) >= 11 is 0. The van der Waals surface area contributed by atoms with Crippen LogP contribution in [0.25, 0.3) is 16.9 Å². The van der Waals surface area contributed by atoms with E-state index in [1.54, 1.807) is 18.2 Å². The van der Waals surface area contributed by atoms with Gasteiger partial charge in [-0.15, -0.1) is 0 Å². The number of pyridine rings is 1. The van der Waals surface area contributed by atoms with Crippen molar-refractivity contribution in [2.75, 3.05) is 0 Å². The Hall–Kier alpha value is -3.94. The third-order valence-electron chi connectivity index (χ3n) is 3.98. The molecule has 0 saturated carbocycles. The minimum atomic E-state index is -4.67. The van der Waals surface area contributed by atoms with E-state index in [4.69, 9.17) is 0 Å². The third kappa shape index (κ3) is 5.54. The van der Waals surface area contributed by atoms with Gasteiger partial charge < -0.3 is 4.40 Å². The Morgan fingerprint density at radius 3 is 2.20 bits per heavy atom. The Labute approximate surface area is 169 Å². The van der Waals surface area contributed by atoms with E-state index in [9.17, 15) is 22.8 Å². The van der Waals surface area contributed by atoms with Crippen molar-refractivity contribution >= 4 is 17.8 Å². The van der Waals surface area contributed by atoms with E-state index in [2.05, 4.69) is 4.98 Å². The molecule has 2 heterocycles. The second-order valence-electron chi connectivity index (χ2n) is 6.15. The fourth-order valence-corrected chi connectivity index (χ4v) is 2.61. The molecule has 4 rings (SSSR count). The maximum absolute atomic E-state index is 11.7. The maximum Gasteiger partial charge on any atom is 0.484 e. The number of imidazole rings is 1. The standard InChI is InChI=1S/C14H10N2O.C8H6F3NO/c17-10-11-6-7-16-9-13(15-14(16)8-11)12-4-2-1-3-5-12;9-8(10,11)12-7(13)6-4-2-1-3-5-6/h1-10H;1-5H,(H,12,13). The van der Waals surface area contributed by atoms with Crippen LogP contribution in [0.2, 0.25) is 0 Å². The molecule has 0 saturated heterocycles. The van der Waals surface area contributed by atoms with E-state index in [1.165, 1.54) is 24.3 Å². The molecule has 0 aliphatic carbocycles. The van der Waals surface area contributed by atoms with Crippen LogP contribution in [0.4, 0.5) is 13.2 Å². The fraction of sp³-hybridized carbons (Fsp3) is 0.0455. The van der Waals surface area contributed by atoms with Crippen molar-refractivity contribution in [3.63, 3.8) is 0 Å². The molecule has 0 radical (unpaired) electrons. The minimum absolute atomic E-state index is 0.0141. The van der Waals surface area contributed by atoms with E-state index >= 15 is 0 Å². The number of amides is 1. The van der Waals surface area contributed by atoms with Gasteiger partial charge in [0.15, 0.2) is 0 Å². The van der Waals surface area contributed by atoms with Gasteiger partial charge in [-0.05, 0) is 24.3 Å². The number of alkyl halides is 3. The van der Waals surface area contributed by atoms with Crippen molar-refractivity contribution in [3.8, 4) is 11.3 Å². The number of rotatable bonds is 3. The number of nitrogens with zero attached hydrogens (tertiary/aromatic N) is 2. The van der Waals surface area contributed by atoms with Gasteiger partial charge in [0.2, 0.25) is 0 Å². The molecule has 2 aromatic heterocycles. The predicted molar refractivity (Wildman–Crippen MR) is 106 cm³/mol. The Morgan fingerprint density at radius 2 is 1.60 bits per heavy atom. The lowest BCUT2D eigenvalue weighted by Crippen LogP contribution is -2.37. The van der Waals surface area contributed by atoms with Gasteiger partial charge in [-0.25, -0.2) is 4.98 Å². The quantitative estimate of drug-likeness (QED) is 0.391. The number of hydrogen-bond donors (Lipinski definition) is 1. The summed E-state index contributed by atoms with van der Waals surface area (Å²) in [5.41, 5.74) is 3.40. The number of aldehydes is 1. The SMILES string of the molecule is O=C(NC(F)(F)F)c1ccccc1.O=Cc1ccn2cc(-c3ccccc3)nc2c1. The van der Waals surface area contributed by atoms with Crippen LogP contribution in [0.1, 0.15) is 20.7 Å². The molecular weight excluding hydrogens is 395 g/mol. The van der Waals surface area contributed by atoms with Gasteiger partial charge in [0.05, 0.1) is 5.69 Å². The van der Waals surface area contributed by atoms with Gasteiger partial charge in [-0.1, -0.05) is 48.5 Å². The molecular formula is C22H16F3N3O2. The predicted octanol–water partition coefficient (Wildman–Crippen LogP) is 4.75. The van der Waals surface area contributed by atoms with Gasteiger partial charge in [-0.3, -0.25) is 14.9 Å². The van der Waals surface area contributed by atoms with Crippen LogP contribution in [-0.4, -0.2) is 27.9 Å². The summed E-state index contributed by atoms with van der Waals surface area (Å²) in [5, 5.41) is 0.896. The first-order valence-electron chi connectivity index (χ1n) is 8.79. The number of hydrogen-bond acceptors (Lipinski definition) is 3. The molecule has 8 heteroatoms. The summed E-state index contributed by atoms with van der Waals surface area (Å²) in [4.78, 5) is 26.0. The van der Waals surface area contributed by atoms with Crippen molar-refractivity contribution in [3.05, 3.63) is 96.3 Å². The number of carbonyl (C=O) groups excluding carboxylic acids is 2. The van der Waals surface area contributed by atoms with Crippen LogP contribution in [0.5, 0.6) is 0 Å². The first kappa shape index (κ1) is 20.8. The Kier molecular flexibility index (Phi) is 6.26. The van der Waals surface area contributed by atoms with Crippen molar-refractivity contribution in [1.82, 2.24) is 14.7 Å². The normalized spacial score (nSPS) is 10.8. The van der Waals surface area contributed by atoms with Gasteiger partial charge >= 0.3 is 6.30 Å². The number of halogens is 3. The Balaban J connectivity index is 0.000000178. The average Bonchev–Trinajstić information content (AvgIpc) is 3.17. The number of benzene rings is 2. The number of nitrogens with one attached hydrogen (secondary N) is 1. The van der Waals surface area contributed by atoms with E-state index < -0.39 is 12.2 Å². The second kappa shape index (κ2) is 9.04. The van der Waals surface area contributed by atoms with Gasteiger partial charge in [0.25, 0.3) is 5.91 Å². The molecule has 0 unspecified atom stereocenters. The molecule has 0 aliphatic heterocycles. The Morgan fingerprint density at radius 1 is 0.967 bits per heavy atom. The Bertz CT molecular complexity index is 1140. The molecule has 0 spiro atoms. The number of fused-ring (bicyclic) bond motifs is 1.